The third-order valence-corrected chi connectivity index (χ3v) is 3.54. The predicted octanol–water partition coefficient (Wildman–Crippen LogP) is 6.64. The molecule has 0 aromatic carbocycles. The van der Waals surface area contributed by atoms with Crippen molar-refractivity contribution in [2.24, 2.45) is 0 Å². The van der Waals surface area contributed by atoms with E-state index >= 15 is 0 Å². The van der Waals surface area contributed by atoms with Gasteiger partial charge in [-0.05, 0) is 12.8 Å². The van der Waals surface area contributed by atoms with Crippen LogP contribution >= 0.6 is 0 Å². The molecule has 0 N–H and O–H groups in total. The molecule has 0 aromatic heterocycles. The largest absolute Gasteiger partial charge is 0.466 e. The molecule has 0 saturated heterocycles. The molecule has 0 aromatic rings. The number of hydrogen-bond acceptors (Lipinski definition) is 2. The van der Waals surface area contributed by atoms with E-state index in [-0.39, 0.29) is 5.97 Å². The summed E-state index contributed by atoms with van der Waals surface area (Å²) in [6.07, 6.45) is 33.6. The Bertz CT molecular complexity index is 476. The highest BCUT2D eigenvalue weighted by molar-refractivity contribution is 5.82. The Labute approximate surface area is 154 Å². The van der Waals surface area contributed by atoms with Gasteiger partial charge in [-0.1, -0.05) is 112 Å². The zero-order valence-electron chi connectivity index (χ0n) is 15.9. The molecular weight excluding hydrogens is 308 g/mol. The second kappa shape index (κ2) is 20.0. The van der Waals surface area contributed by atoms with Crippen LogP contribution in [0, 0.1) is 0 Å². The Morgan fingerprint density at radius 2 is 1.16 bits per heavy atom. The summed E-state index contributed by atoms with van der Waals surface area (Å²) in [5.41, 5.74) is 0. The summed E-state index contributed by atoms with van der Waals surface area (Å²) < 4.78 is 4.49. The van der Waals surface area contributed by atoms with Gasteiger partial charge in [0.05, 0.1) is 7.11 Å². The van der Waals surface area contributed by atoms with Crippen LogP contribution in [0.25, 0.3) is 0 Å². The zero-order chi connectivity index (χ0) is 18.4. The summed E-state index contributed by atoms with van der Waals surface area (Å²) in [6, 6.07) is 0. The molecule has 25 heavy (non-hydrogen) atoms. The zero-order valence-corrected chi connectivity index (χ0v) is 15.9. The molecular formula is C23H34O2. The highest BCUT2D eigenvalue weighted by atomic mass is 16.5. The van der Waals surface area contributed by atoms with Crippen molar-refractivity contribution in [1.82, 2.24) is 0 Å². The van der Waals surface area contributed by atoms with Crippen LogP contribution in [0.15, 0.2) is 72.9 Å². The number of allylic oxidation sites excluding steroid dienone is 11. The normalized spacial score (nSPS) is 12.9. The smallest absolute Gasteiger partial charge is 0.330 e. The number of unbranched alkanes of at least 4 members (excludes halogenated alkanes) is 7. The van der Waals surface area contributed by atoms with E-state index in [1.54, 1.807) is 12.2 Å². The number of carbonyl (C=O) groups is 1. The lowest BCUT2D eigenvalue weighted by molar-refractivity contribution is -0.134. The summed E-state index contributed by atoms with van der Waals surface area (Å²) >= 11 is 0. The van der Waals surface area contributed by atoms with Gasteiger partial charge in [0.25, 0.3) is 0 Å². The van der Waals surface area contributed by atoms with Gasteiger partial charge in [0.1, 0.15) is 0 Å². The number of hydrogen-bond donors (Lipinski definition) is 0. The fraction of sp³-hybridized carbons (Fsp3) is 0.435. The second-order valence-corrected chi connectivity index (χ2v) is 5.76. The molecule has 0 radical (unpaired) electrons. The van der Waals surface area contributed by atoms with Gasteiger partial charge in [-0.25, -0.2) is 4.79 Å². The van der Waals surface area contributed by atoms with E-state index in [1.807, 2.05) is 36.5 Å². The van der Waals surface area contributed by atoms with Crippen molar-refractivity contribution in [3.63, 3.8) is 0 Å². The summed E-state index contributed by atoms with van der Waals surface area (Å²) in [7, 11) is 1.36. The van der Waals surface area contributed by atoms with Crippen LogP contribution < -0.4 is 0 Å². The van der Waals surface area contributed by atoms with Crippen LogP contribution in [0.3, 0.4) is 0 Å². The van der Waals surface area contributed by atoms with Crippen molar-refractivity contribution < 1.29 is 9.53 Å². The summed E-state index contributed by atoms with van der Waals surface area (Å²) in [5.74, 6) is -0.348. The lowest BCUT2D eigenvalue weighted by Crippen LogP contribution is -1.92. The van der Waals surface area contributed by atoms with E-state index in [4.69, 9.17) is 0 Å². The topological polar surface area (TPSA) is 26.3 Å². The monoisotopic (exact) mass is 342 g/mol. The molecule has 0 bridgehead atoms. The number of esters is 1. The Kier molecular flexibility index (Phi) is 18.3. The second-order valence-electron chi connectivity index (χ2n) is 5.76. The van der Waals surface area contributed by atoms with Gasteiger partial charge in [-0.3, -0.25) is 0 Å². The maximum Gasteiger partial charge on any atom is 0.330 e. The average molecular weight is 343 g/mol. The molecule has 0 saturated carbocycles. The molecule has 0 atom stereocenters. The van der Waals surface area contributed by atoms with Gasteiger partial charge in [-0.15, -0.1) is 0 Å². The standard InChI is InChI=1S/C23H34O2/c1-3-4-5-6-7-8-9-10-11-12-13-14-15-16-17-18-19-20-21-22-23(24)25-2/h11-22H,3-10H2,1-2H3/b12-11?,14-13?,16-15?,18-17?,20-19+,22-21-. The molecule has 0 amide bonds. The molecule has 2 nitrogen and oxygen atoms in total. The van der Waals surface area contributed by atoms with E-state index in [9.17, 15) is 4.79 Å². The van der Waals surface area contributed by atoms with Crippen LogP contribution in [-0.4, -0.2) is 13.1 Å². The molecule has 0 heterocycles. The maximum atomic E-state index is 10.8. The van der Waals surface area contributed by atoms with Gasteiger partial charge < -0.3 is 4.74 Å². The Morgan fingerprint density at radius 1 is 0.680 bits per heavy atom. The summed E-state index contributed by atoms with van der Waals surface area (Å²) in [5, 5.41) is 0. The minimum Gasteiger partial charge on any atom is -0.466 e. The van der Waals surface area contributed by atoms with Gasteiger partial charge >= 0.3 is 5.97 Å². The van der Waals surface area contributed by atoms with Crippen LogP contribution in [0.5, 0.6) is 0 Å². The third-order valence-electron chi connectivity index (χ3n) is 3.54. The highest BCUT2D eigenvalue weighted by Gasteiger charge is 1.88. The predicted molar refractivity (Wildman–Crippen MR) is 109 cm³/mol. The molecule has 0 spiro atoms. The molecule has 0 aliphatic rings. The van der Waals surface area contributed by atoms with E-state index in [2.05, 4.69) is 29.9 Å². The van der Waals surface area contributed by atoms with Gasteiger partial charge in [-0.2, -0.15) is 0 Å². The fourth-order valence-electron chi connectivity index (χ4n) is 2.11. The van der Waals surface area contributed by atoms with Crippen LogP contribution in [-0.2, 0) is 9.53 Å². The van der Waals surface area contributed by atoms with E-state index < -0.39 is 0 Å². The first-order chi connectivity index (χ1) is 12.3. The minimum absolute atomic E-state index is 0.348. The van der Waals surface area contributed by atoms with E-state index in [0.717, 1.165) is 0 Å². The van der Waals surface area contributed by atoms with Gasteiger partial charge in [0.2, 0.25) is 0 Å². The van der Waals surface area contributed by atoms with E-state index in [1.165, 1.54) is 64.6 Å². The molecule has 0 aliphatic carbocycles. The first-order valence-corrected chi connectivity index (χ1v) is 9.39. The van der Waals surface area contributed by atoms with Crippen LogP contribution in [0.4, 0.5) is 0 Å². The molecule has 0 unspecified atom stereocenters. The highest BCUT2D eigenvalue weighted by Crippen LogP contribution is 2.08. The number of carbonyl (C=O) groups excluding carboxylic acids is 1. The number of rotatable bonds is 14. The maximum absolute atomic E-state index is 10.8. The number of ether oxygens (including phenoxy) is 1. The van der Waals surface area contributed by atoms with E-state index in [0.29, 0.717) is 0 Å². The van der Waals surface area contributed by atoms with Crippen molar-refractivity contribution in [3.05, 3.63) is 72.9 Å². The van der Waals surface area contributed by atoms with Gasteiger partial charge in [0.15, 0.2) is 0 Å². The SMILES string of the molecule is CCCCCCCCCC=CC=CC=CC=C/C=C/C=C\C(=O)OC. The lowest BCUT2D eigenvalue weighted by Gasteiger charge is -1.98. The quantitative estimate of drug-likeness (QED) is 0.153. The van der Waals surface area contributed by atoms with Crippen LogP contribution in [0.1, 0.15) is 58.3 Å². The van der Waals surface area contributed by atoms with Crippen molar-refractivity contribution in [2.75, 3.05) is 7.11 Å². The van der Waals surface area contributed by atoms with Gasteiger partial charge in [0, 0.05) is 6.08 Å². The summed E-state index contributed by atoms with van der Waals surface area (Å²) in [4.78, 5) is 10.8. The molecule has 2 heteroatoms. The molecule has 0 fully saturated rings. The first-order valence-electron chi connectivity index (χ1n) is 9.39. The van der Waals surface area contributed by atoms with Crippen molar-refractivity contribution >= 4 is 5.97 Å². The average Bonchev–Trinajstić information content (AvgIpc) is 2.63. The molecule has 138 valence electrons. The Balaban J connectivity index is 3.61. The minimum atomic E-state index is -0.348. The molecule has 0 aliphatic heterocycles. The third kappa shape index (κ3) is 19.9. The van der Waals surface area contributed by atoms with Crippen molar-refractivity contribution in [1.29, 1.82) is 0 Å². The first kappa shape index (κ1) is 22.9. The lowest BCUT2D eigenvalue weighted by atomic mass is 10.1. The van der Waals surface area contributed by atoms with Crippen molar-refractivity contribution in [2.45, 2.75) is 58.3 Å². The Hall–Kier alpha value is -2.09. The van der Waals surface area contributed by atoms with Crippen LogP contribution in [0.2, 0.25) is 0 Å². The summed E-state index contributed by atoms with van der Waals surface area (Å²) in [6.45, 7) is 2.26. The fourth-order valence-corrected chi connectivity index (χ4v) is 2.11. The number of methoxy groups -OCH3 is 1. The molecule has 0 rings (SSSR count). The Morgan fingerprint density at radius 3 is 1.72 bits per heavy atom. The van der Waals surface area contributed by atoms with Crippen molar-refractivity contribution in [3.8, 4) is 0 Å².